The molecule has 2 fully saturated rings. The molecule has 2 amide bonds. The highest BCUT2D eigenvalue weighted by Crippen LogP contribution is 2.16. The van der Waals surface area contributed by atoms with Crippen LogP contribution in [0.5, 0.6) is 0 Å². The first-order chi connectivity index (χ1) is 12.4. The van der Waals surface area contributed by atoms with Gasteiger partial charge in [-0.2, -0.15) is 5.10 Å². The Morgan fingerprint density at radius 1 is 1.42 bits per heavy atom. The molecule has 146 valence electrons. The molecule has 3 heterocycles. The van der Waals surface area contributed by atoms with E-state index in [1.54, 1.807) is 17.9 Å². The molecule has 2 aliphatic rings. The van der Waals surface area contributed by atoms with Crippen LogP contribution in [0.15, 0.2) is 12.3 Å². The van der Waals surface area contributed by atoms with E-state index in [-0.39, 0.29) is 17.8 Å². The average Bonchev–Trinajstić information content (AvgIpc) is 3.27. The maximum absolute atomic E-state index is 12.5. The average molecular weight is 385 g/mol. The molecule has 2 N–H and O–H groups in total. The molecule has 2 aliphatic heterocycles. The van der Waals surface area contributed by atoms with E-state index < -0.39 is 10.0 Å². The number of aromatic nitrogens is 2. The molecule has 3 rings (SSSR count). The van der Waals surface area contributed by atoms with Crippen molar-refractivity contribution in [3.63, 3.8) is 0 Å². The summed E-state index contributed by atoms with van der Waals surface area (Å²) in [6.07, 6.45) is 4.38. The highest BCUT2D eigenvalue weighted by molar-refractivity contribution is 7.89. The van der Waals surface area contributed by atoms with Crippen molar-refractivity contribution >= 4 is 21.9 Å². The number of nitrogens with zero attached hydrogens (tertiary/aromatic N) is 3. The van der Waals surface area contributed by atoms with Crippen LogP contribution in [0.3, 0.4) is 0 Å². The SMILES string of the molecule is CCS(=O)(=O)NC1CCCN(C(=O)Nc2ccn(CC3CCOC3)n2)C1. The third kappa shape index (κ3) is 5.18. The van der Waals surface area contributed by atoms with E-state index in [2.05, 4.69) is 15.1 Å². The maximum Gasteiger partial charge on any atom is 0.323 e. The summed E-state index contributed by atoms with van der Waals surface area (Å²) in [5, 5.41) is 7.19. The summed E-state index contributed by atoms with van der Waals surface area (Å²) in [5.41, 5.74) is 0. The zero-order valence-electron chi connectivity index (χ0n) is 15.1. The number of likely N-dealkylation sites (tertiary alicyclic amines) is 1. The molecule has 0 aliphatic carbocycles. The van der Waals surface area contributed by atoms with Crippen LogP contribution in [0.25, 0.3) is 0 Å². The minimum atomic E-state index is -3.27. The summed E-state index contributed by atoms with van der Waals surface area (Å²) in [6, 6.07) is 1.29. The maximum atomic E-state index is 12.5. The van der Waals surface area contributed by atoms with Gasteiger partial charge in [-0.3, -0.25) is 10.00 Å². The Balaban J connectivity index is 1.51. The quantitative estimate of drug-likeness (QED) is 0.755. The Hall–Kier alpha value is -1.65. The number of hydrogen-bond acceptors (Lipinski definition) is 5. The summed E-state index contributed by atoms with van der Waals surface area (Å²) in [5.74, 6) is 1.01. The van der Waals surface area contributed by atoms with Gasteiger partial charge in [0.2, 0.25) is 10.0 Å². The van der Waals surface area contributed by atoms with Crippen LogP contribution in [0.4, 0.5) is 10.6 Å². The Kier molecular flexibility index (Phi) is 6.15. The van der Waals surface area contributed by atoms with Crippen molar-refractivity contribution in [3.05, 3.63) is 12.3 Å². The third-order valence-corrected chi connectivity index (χ3v) is 6.23. The number of piperidine rings is 1. The molecule has 0 aromatic carbocycles. The second-order valence-electron chi connectivity index (χ2n) is 6.89. The normalized spacial score (nSPS) is 24.0. The van der Waals surface area contributed by atoms with Crippen molar-refractivity contribution in [3.8, 4) is 0 Å². The molecule has 1 aromatic rings. The van der Waals surface area contributed by atoms with Gasteiger partial charge in [0.05, 0.1) is 12.4 Å². The Morgan fingerprint density at radius 3 is 3.00 bits per heavy atom. The molecule has 0 bridgehead atoms. The minimum Gasteiger partial charge on any atom is -0.381 e. The fourth-order valence-electron chi connectivity index (χ4n) is 3.31. The van der Waals surface area contributed by atoms with E-state index in [9.17, 15) is 13.2 Å². The molecule has 0 saturated carbocycles. The lowest BCUT2D eigenvalue weighted by Gasteiger charge is -2.32. The monoisotopic (exact) mass is 385 g/mol. The zero-order chi connectivity index (χ0) is 18.6. The van der Waals surface area contributed by atoms with E-state index >= 15 is 0 Å². The van der Waals surface area contributed by atoms with Gasteiger partial charge < -0.3 is 9.64 Å². The number of urea groups is 1. The van der Waals surface area contributed by atoms with Gasteiger partial charge in [0.25, 0.3) is 0 Å². The lowest BCUT2D eigenvalue weighted by molar-refractivity contribution is 0.181. The van der Waals surface area contributed by atoms with Gasteiger partial charge >= 0.3 is 6.03 Å². The molecule has 9 nitrogen and oxygen atoms in total. The highest BCUT2D eigenvalue weighted by atomic mass is 32.2. The first-order valence-electron chi connectivity index (χ1n) is 9.12. The number of anilines is 1. The first kappa shape index (κ1) is 19.1. The van der Waals surface area contributed by atoms with Gasteiger partial charge in [0.1, 0.15) is 0 Å². The molecule has 2 saturated heterocycles. The number of rotatable bonds is 6. The van der Waals surface area contributed by atoms with Gasteiger partial charge in [-0.25, -0.2) is 17.9 Å². The van der Waals surface area contributed by atoms with Crippen molar-refractivity contribution in [2.75, 3.05) is 37.4 Å². The Morgan fingerprint density at radius 2 is 2.27 bits per heavy atom. The number of amides is 2. The molecule has 26 heavy (non-hydrogen) atoms. The van der Waals surface area contributed by atoms with Gasteiger partial charge in [0.15, 0.2) is 5.82 Å². The van der Waals surface area contributed by atoms with Crippen molar-refractivity contribution in [1.29, 1.82) is 0 Å². The standard InChI is InChI=1S/C16H27N5O4S/c1-2-26(23,24)19-14-4-3-7-20(11-14)16(22)17-15-5-8-21(18-15)10-13-6-9-25-12-13/h5,8,13-14,19H,2-4,6-7,9-12H2,1H3,(H,17,18,22). The van der Waals surface area contributed by atoms with E-state index in [0.717, 1.165) is 39.0 Å². The Bertz CT molecular complexity index is 714. The summed E-state index contributed by atoms with van der Waals surface area (Å²) in [4.78, 5) is 14.1. The van der Waals surface area contributed by atoms with Crippen molar-refractivity contribution in [1.82, 2.24) is 19.4 Å². The molecule has 2 unspecified atom stereocenters. The van der Waals surface area contributed by atoms with Crippen LogP contribution in [-0.4, -0.2) is 67.2 Å². The van der Waals surface area contributed by atoms with E-state index in [4.69, 9.17) is 4.74 Å². The number of sulfonamides is 1. The molecular weight excluding hydrogens is 358 g/mol. The van der Waals surface area contributed by atoms with Gasteiger partial charge in [-0.15, -0.1) is 0 Å². The van der Waals surface area contributed by atoms with Crippen molar-refractivity contribution < 1.29 is 17.9 Å². The van der Waals surface area contributed by atoms with Crippen LogP contribution in [0.1, 0.15) is 26.2 Å². The number of carbonyl (C=O) groups is 1. The second-order valence-corrected chi connectivity index (χ2v) is 8.93. The van der Waals surface area contributed by atoms with Crippen LogP contribution in [0, 0.1) is 5.92 Å². The number of hydrogen-bond donors (Lipinski definition) is 2. The summed E-state index contributed by atoms with van der Waals surface area (Å²) in [7, 11) is -3.27. The Labute approximate surface area is 154 Å². The molecule has 2 atom stereocenters. The summed E-state index contributed by atoms with van der Waals surface area (Å²) < 4.78 is 33.3. The molecule has 10 heteroatoms. The van der Waals surface area contributed by atoms with Gasteiger partial charge in [0, 0.05) is 50.5 Å². The number of carbonyl (C=O) groups excluding carboxylic acids is 1. The first-order valence-corrected chi connectivity index (χ1v) is 10.8. The second kappa shape index (κ2) is 8.36. The largest absolute Gasteiger partial charge is 0.381 e. The summed E-state index contributed by atoms with van der Waals surface area (Å²) >= 11 is 0. The number of nitrogens with one attached hydrogen (secondary N) is 2. The minimum absolute atomic E-state index is 0.0408. The third-order valence-electron chi connectivity index (χ3n) is 4.78. The zero-order valence-corrected chi connectivity index (χ0v) is 15.9. The summed E-state index contributed by atoms with van der Waals surface area (Å²) in [6.45, 7) is 4.91. The van der Waals surface area contributed by atoms with Crippen LogP contribution in [-0.2, 0) is 21.3 Å². The van der Waals surface area contributed by atoms with Gasteiger partial charge in [-0.05, 0) is 26.2 Å². The molecular formula is C16H27N5O4S. The molecule has 0 radical (unpaired) electrons. The van der Waals surface area contributed by atoms with E-state index in [1.807, 2.05) is 10.9 Å². The van der Waals surface area contributed by atoms with Crippen LogP contribution >= 0.6 is 0 Å². The molecule has 0 spiro atoms. The topological polar surface area (TPSA) is 106 Å². The van der Waals surface area contributed by atoms with E-state index in [1.165, 1.54) is 0 Å². The van der Waals surface area contributed by atoms with Crippen LogP contribution in [0.2, 0.25) is 0 Å². The lowest BCUT2D eigenvalue weighted by atomic mass is 10.1. The highest BCUT2D eigenvalue weighted by Gasteiger charge is 2.26. The van der Waals surface area contributed by atoms with E-state index in [0.29, 0.717) is 24.8 Å². The smallest absolute Gasteiger partial charge is 0.323 e. The van der Waals surface area contributed by atoms with Gasteiger partial charge in [-0.1, -0.05) is 0 Å². The van der Waals surface area contributed by atoms with Crippen LogP contribution < -0.4 is 10.0 Å². The predicted octanol–water partition coefficient (Wildman–Crippen LogP) is 0.855. The molecule has 1 aromatic heterocycles. The van der Waals surface area contributed by atoms with Crippen molar-refractivity contribution in [2.24, 2.45) is 5.92 Å². The fourth-order valence-corrected chi connectivity index (χ4v) is 4.17. The van der Waals surface area contributed by atoms with Crippen molar-refractivity contribution in [2.45, 2.75) is 38.8 Å². The number of ether oxygens (including phenoxy) is 1. The lowest BCUT2D eigenvalue weighted by Crippen LogP contribution is -2.50. The fraction of sp³-hybridized carbons (Fsp3) is 0.750. The predicted molar refractivity (Wildman–Crippen MR) is 97.4 cm³/mol.